The summed E-state index contributed by atoms with van der Waals surface area (Å²) in [6.45, 7) is 1.29. The largest absolute Gasteiger partial charge is 0.342 e. The van der Waals surface area contributed by atoms with Gasteiger partial charge in [-0.05, 0) is 30.2 Å². The van der Waals surface area contributed by atoms with E-state index in [1.54, 1.807) is 36.9 Å². The smallest absolute Gasteiger partial charge is 0.228 e. The maximum absolute atomic E-state index is 13.0. The summed E-state index contributed by atoms with van der Waals surface area (Å²) in [5, 5.41) is 3.03. The summed E-state index contributed by atoms with van der Waals surface area (Å²) in [6, 6.07) is 7.93. The molecule has 1 aliphatic rings. The van der Waals surface area contributed by atoms with Gasteiger partial charge in [0.25, 0.3) is 0 Å². The Morgan fingerprint density at radius 1 is 1.14 bits per heavy atom. The van der Waals surface area contributed by atoms with Crippen molar-refractivity contribution in [3.05, 3.63) is 72.2 Å². The Kier molecular flexibility index (Phi) is 5.18. The molecule has 1 saturated heterocycles. The molecule has 4 rings (SSSR count). The third kappa shape index (κ3) is 4.28. The zero-order chi connectivity index (χ0) is 19.3. The van der Waals surface area contributed by atoms with Crippen LogP contribution in [0.3, 0.4) is 0 Å². The van der Waals surface area contributed by atoms with Crippen LogP contribution in [0.15, 0.2) is 55.1 Å². The van der Waals surface area contributed by atoms with E-state index in [1.165, 1.54) is 12.1 Å². The molecule has 142 valence electrons. The van der Waals surface area contributed by atoms with Crippen LogP contribution in [-0.2, 0) is 11.2 Å². The van der Waals surface area contributed by atoms with Crippen LogP contribution in [0.4, 0.5) is 16.2 Å². The van der Waals surface area contributed by atoms with Gasteiger partial charge in [0.1, 0.15) is 5.82 Å². The molecule has 7 nitrogen and oxygen atoms in total. The Balaban J connectivity index is 1.39. The van der Waals surface area contributed by atoms with E-state index in [2.05, 4.69) is 25.3 Å². The number of aromatic nitrogens is 4. The van der Waals surface area contributed by atoms with Gasteiger partial charge in [-0.3, -0.25) is 9.78 Å². The highest BCUT2D eigenvalue weighted by Gasteiger charge is 2.28. The monoisotopic (exact) mass is 378 g/mol. The van der Waals surface area contributed by atoms with E-state index in [0.29, 0.717) is 24.9 Å². The molecule has 1 amide bonds. The van der Waals surface area contributed by atoms with Crippen LogP contribution in [0.2, 0.25) is 0 Å². The second kappa shape index (κ2) is 8.08. The van der Waals surface area contributed by atoms with E-state index in [9.17, 15) is 9.18 Å². The molecule has 0 radical (unpaired) electrons. The van der Waals surface area contributed by atoms with Gasteiger partial charge in [0.15, 0.2) is 5.82 Å². The molecule has 3 aromatic rings. The van der Waals surface area contributed by atoms with Crippen LogP contribution in [0, 0.1) is 5.82 Å². The van der Waals surface area contributed by atoms with Crippen LogP contribution in [0.5, 0.6) is 0 Å². The van der Waals surface area contributed by atoms with Crippen LogP contribution >= 0.6 is 0 Å². The number of carbonyl (C=O) groups is 1. The van der Waals surface area contributed by atoms with Gasteiger partial charge in [0.2, 0.25) is 11.9 Å². The van der Waals surface area contributed by atoms with Gasteiger partial charge in [0.05, 0.1) is 18.3 Å². The van der Waals surface area contributed by atoms with E-state index in [1.807, 2.05) is 11.0 Å². The Morgan fingerprint density at radius 3 is 2.79 bits per heavy atom. The molecule has 1 aliphatic heterocycles. The van der Waals surface area contributed by atoms with E-state index in [-0.39, 0.29) is 24.1 Å². The van der Waals surface area contributed by atoms with E-state index in [4.69, 9.17) is 0 Å². The SMILES string of the molecule is O=C(Cc1ccc(F)cc1)N1CCC(c2ccnc(Nc3cnccn3)n2)C1. The van der Waals surface area contributed by atoms with Crippen molar-refractivity contribution in [3.8, 4) is 0 Å². The zero-order valence-corrected chi connectivity index (χ0v) is 15.1. The van der Waals surface area contributed by atoms with Gasteiger partial charge in [-0.25, -0.2) is 19.3 Å². The molecule has 0 spiro atoms. The average Bonchev–Trinajstić information content (AvgIpc) is 3.21. The summed E-state index contributed by atoms with van der Waals surface area (Å²) in [6.07, 6.45) is 7.60. The van der Waals surface area contributed by atoms with Crippen molar-refractivity contribution in [1.29, 1.82) is 0 Å². The topological polar surface area (TPSA) is 83.9 Å². The fourth-order valence-electron chi connectivity index (χ4n) is 3.26. The molecule has 1 unspecified atom stereocenters. The molecule has 3 heterocycles. The third-order valence-corrected chi connectivity index (χ3v) is 4.71. The fraction of sp³-hybridized carbons (Fsp3) is 0.250. The van der Waals surface area contributed by atoms with Crippen LogP contribution in [0.1, 0.15) is 23.6 Å². The van der Waals surface area contributed by atoms with Crippen molar-refractivity contribution in [2.24, 2.45) is 0 Å². The lowest BCUT2D eigenvalue weighted by atomic mass is 10.1. The summed E-state index contributed by atoms with van der Waals surface area (Å²) < 4.78 is 13.0. The minimum absolute atomic E-state index is 0.0427. The first-order valence-electron chi connectivity index (χ1n) is 9.05. The number of likely N-dealkylation sites (tertiary alicyclic amines) is 1. The Labute approximate surface area is 161 Å². The highest BCUT2D eigenvalue weighted by Crippen LogP contribution is 2.27. The van der Waals surface area contributed by atoms with E-state index in [0.717, 1.165) is 17.7 Å². The second-order valence-electron chi connectivity index (χ2n) is 6.65. The molecule has 2 aromatic heterocycles. The molecule has 1 fully saturated rings. The van der Waals surface area contributed by atoms with Gasteiger partial charge in [-0.1, -0.05) is 12.1 Å². The molecule has 8 heteroatoms. The number of hydrogen-bond acceptors (Lipinski definition) is 6. The second-order valence-corrected chi connectivity index (χ2v) is 6.65. The Hall–Kier alpha value is -3.42. The first-order valence-corrected chi connectivity index (χ1v) is 9.05. The standard InChI is InChI=1S/C20H19FN6O/c21-16-3-1-14(2-4-16)11-19(28)27-10-6-15(13-27)17-5-7-24-20(25-17)26-18-12-22-8-9-23-18/h1-5,7-9,12,15H,6,10-11,13H2,(H,23,24,25,26). The van der Waals surface area contributed by atoms with Crippen molar-refractivity contribution in [1.82, 2.24) is 24.8 Å². The first kappa shape index (κ1) is 18.0. The van der Waals surface area contributed by atoms with Crippen molar-refractivity contribution in [2.45, 2.75) is 18.8 Å². The van der Waals surface area contributed by atoms with Gasteiger partial charge < -0.3 is 10.2 Å². The highest BCUT2D eigenvalue weighted by molar-refractivity contribution is 5.79. The quantitative estimate of drug-likeness (QED) is 0.735. The zero-order valence-electron chi connectivity index (χ0n) is 15.1. The number of anilines is 2. The fourth-order valence-corrected chi connectivity index (χ4v) is 3.26. The highest BCUT2D eigenvalue weighted by atomic mass is 19.1. The van der Waals surface area contributed by atoms with Crippen molar-refractivity contribution in [3.63, 3.8) is 0 Å². The Bertz CT molecular complexity index is 950. The third-order valence-electron chi connectivity index (χ3n) is 4.71. The molecule has 28 heavy (non-hydrogen) atoms. The summed E-state index contributed by atoms with van der Waals surface area (Å²) >= 11 is 0. The van der Waals surface area contributed by atoms with Crippen molar-refractivity contribution < 1.29 is 9.18 Å². The van der Waals surface area contributed by atoms with Gasteiger partial charge in [-0.15, -0.1) is 0 Å². The normalized spacial score (nSPS) is 16.2. The van der Waals surface area contributed by atoms with Crippen LogP contribution < -0.4 is 5.32 Å². The molecule has 0 aliphatic carbocycles. The molecule has 1 atom stereocenters. The number of nitrogens with zero attached hydrogens (tertiary/aromatic N) is 5. The number of nitrogens with one attached hydrogen (secondary N) is 1. The number of halogens is 1. The predicted octanol–water partition coefficient (Wildman–Crippen LogP) is 2.71. The average molecular weight is 378 g/mol. The minimum Gasteiger partial charge on any atom is -0.342 e. The van der Waals surface area contributed by atoms with E-state index < -0.39 is 0 Å². The van der Waals surface area contributed by atoms with Gasteiger partial charge in [0, 0.05) is 37.6 Å². The summed E-state index contributed by atoms with van der Waals surface area (Å²) in [5.74, 6) is 0.923. The summed E-state index contributed by atoms with van der Waals surface area (Å²) in [7, 11) is 0. The van der Waals surface area contributed by atoms with Gasteiger partial charge in [-0.2, -0.15) is 0 Å². The molecule has 1 aromatic carbocycles. The molecule has 0 bridgehead atoms. The summed E-state index contributed by atoms with van der Waals surface area (Å²) in [4.78, 5) is 31.3. The number of rotatable bonds is 5. The van der Waals surface area contributed by atoms with Gasteiger partial charge >= 0.3 is 0 Å². The lowest BCUT2D eigenvalue weighted by Crippen LogP contribution is -2.30. The lowest BCUT2D eigenvalue weighted by molar-refractivity contribution is -0.129. The first-order chi connectivity index (χ1) is 13.7. The van der Waals surface area contributed by atoms with Crippen LogP contribution in [0.25, 0.3) is 0 Å². The number of carbonyl (C=O) groups excluding carboxylic acids is 1. The maximum atomic E-state index is 13.0. The van der Waals surface area contributed by atoms with Crippen molar-refractivity contribution >= 4 is 17.7 Å². The molecular weight excluding hydrogens is 359 g/mol. The molecular formula is C20H19FN6O. The van der Waals surface area contributed by atoms with Crippen molar-refractivity contribution in [2.75, 3.05) is 18.4 Å². The van der Waals surface area contributed by atoms with E-state index >= 15 is 0 Å². The van der Waals surface area contributed by atoms with Crippen LogP contribution in [-0.4, -0.2) is 43.8 Å². The number of amides is 1. The molecule has 0 saturated carbocycles. The Morgan fingerprint density at radius 2 is 2.00 bits per heavy atom. The maximum Gasteiger partial charge on any atom is 0.228 e. The summed E-state index contributed by atoms with van der Waals surface area (Å²) in [5.41, 5.74) is 1.70. The number of hydrogen-bond donors (Lipinski definition) is 1. The lowest BCUT2D eigenvalue weighted by Gasteiger charge is -2.17. The number of benzene rings is 1. The molecule has 1 N–H and O–H groups in total. The predicted molar refractivity (Wildman–Crippen MR) is 101 cm³/mol. The minimum atomic E-state index is -0.299.